The van der Waals surface area contributed by atoms with Crippen LogP contribution in [-0.4, -0.2) is 36.9 Å². The van der Waals surface area contributed by atoms with Gasteiger partial charge in [-0.05, 0) is 51.7 Å². The zero-order valence-electron chi connectivity index (χ0n) is 19.4. The maximum absolute atomic E-state index is 5.77. The molecule has 0 spiro atoms. The van der Waals surface area contributed by atoms with Gasteiger partial charge in [0.1, 0.15) is 11.5 Å². The third kappa shape index (κ3) is 4.83. The molecule has 1 atom stereocenters. The van der Waals surface area contributed by atoms with Crippen LogP contribution in [0.1, 0.15) is 49.4 Å². The Morgan fingerprint density at radius 3 is 2.91 bits per heavy atom. The Labute approximate surface area is 198 Å². The number of aromatic amines is 1. The fourth-order valence-electron chi connectivity index (χ4n) is 4.20. The molecule has 0 saturated carbocycles. The molecule has 5 heterocycles. The summed E-state index contributed by atoms with van der Waals surface area (Å²) in [5.74, 6) is 2.95. The fourth-order valence-corrected chi connectivity index (χ4v) is 4.20. The van der Waals surface area contributed by atoms with Gasteiger partial charge in [-0.2, -0.15) is 10.1 Å². The number of hydrogen-bond donors (Lipinski definition) is 2. The number of nitrogens with zero attached hydrogens (tertiary/aromatic N) is 6. The van der Waals surface area contributed by atoms with E-state index < -0.39 is 0 Å². The Balaban J connectivity index is 1.44. The highest BCUT2D eigenvalue weighted by molar-refractivity contribution is 5.56. The molecule has 2 N–H and O–H groups in total. The predicted octanol–water partition coefficient (Wildman–Crippen LogP) is 5.15. The monoisotopic (exact) mass is 456 g/mol. The second kappa shape index (κ2) is 9.86. The summed E-state index contributed by atoms with van der Waals surface area (Å²) in [5, 5.41) is 14.8. The van der Waals surface area contributed by atoms with Crippen molar-refractivity contribution < 1.29 is 4.52 Å². The Morgan fingerprint density at radius 1 is 1.18 bits per heavy atom. The van der Waals surface area contributed by atoms with E-state index in [0.29, 0.717) is 5.95 Å². The number of H-pyrrole nitrogens is 1. The molecule has 0 bridgehead atoms. The van der Waals surface area contributed by atoms with E-state index in [1.54, 1.807) is 6.20 Å². The lowest BCUT2D eigenvalue weighted by molar-refractivity contribution is 0.362. The molecule has 9 nitrogen and oxygen atoms in total. The lowest BCUT2D eigenvalue weighted by atomic mass is 10.1. The van der Waals surface area contributed by atoms with Crippen molar-refractivity contribution in [3.63, 3.8) is 0 Å². The first-order valence-corrected chi connectivity index (χ1v) is 11.6. The summed E-state index contributed by atoms with van der Waals surface area (Å²) >= 11 is 0. The maximum atomic E-state index is 5.77. The molecule has 0 amide bonds. The quantitative estimate of drug-likeness (QED) is 0.350. The number of aromatic nitrogens is 6. The van der Waals surface area contributed by atoms with Crippen LogP contribution < -0.4 is 10.2 Å². The highest BCUT2D eigenvalue weighted by atomic mass is 16.5. The maximum Gasteiger partial charge on any atom is 0.228 e. The average molecular weight is 457 g/mol. The first-order chi connectivity index (χ1) is 16.7. The molecule has 1 aliphatic heterocycles. The first-order valence-electron chi connectivity index (χ1n) is 11.6. The Kier molecular flexibility index (Phi) is 6.33. The number of rotatable bonds is 8. The van der Waals surface area contributed by atoms with Gasteiger partial charge in [-0.25, -0.2) is 4.98 Å². The van der Waals surface area contributed by atoms with E-state index in [1.807, 2.05) is 50.2 Å². The summed E-state index contributed by atoms with van der Waals surface area (Å²) < 4.78 is 5.77. The van der Waals surface area contributed by atoms with E-state index in [2.05, 4.69) is 42.7 Å². The van der Waals surface area contributed by atoms with E-state index in [1.165, 1.54) is 0 Å². The van der Waals surface area contributed by atoms with Gasteiger partial charge in [0.05, 0.1) is 11.7 Å². The normalized spacial score (nSPS) is 15.9. The zero-order valence-corrected chi connectivity index (χ0v) is 19.4. The van der Waals surface area contributed by atoms with E-state index in [-0.39, 0.29) is 6.04 Å². The van der Waals surface area contributed by atoms with Crippen LogP contribution in [0.4, 0.5) is 17.6 Å². The average Bonchev–Trinajstić information content (AvgIpc) is 3.60. The highest BCUT2D eigenvalue weighted by Crippen LogP contribution is 2.36. The van der Waals surface area contributed by atoms with Crippen molar-refractivity contribution in [1.29, 1.82) is 0 Å². The second-order valence-corrected chi connectivity index (χ2v) is 8.39. The van der Waals surface area contributed by atoms with Crippen molar-refractivity contribution in [2.45, 2.75) is 45.6 Å². The number of nitrogens with one attached hydrogen (secondary N) is 2. The molecule has 174 valence electrons. The lowest BCUT2D eigenvalue weighted by Gasteiger charge is -2.23. The van der Waals surface area contributed by atoms with Crippen molar-refractivity contribution in [1.82, 2.24) is 30.3 Å². The molecule has 5 rings (SSSR count). The molecule has 1 aliphatic rings. The fraction of sp³-hybridized carbons (Fsp3) is 0.320. The number of anilines is 3. The van der Waals surface area contributed by atoms with Gasteiger partial charge in [-0.1, -0.05) is 23.4 Å². The van der Waals surface area contributed by atoms with Crippen molar-refractivity contribution >= 4 is 17.6 Å². The predicted molar refractivity (Wildman–Crippen MR) is 131 cm³/mol. The molecular formula is C25H28N8O. The molecule has 0 aliphatic carbocycles. The van der Waals surface area contributed by atoms with Crippen LogP contribution >= 0.6 is 0 Å². The SMILES string of the molecule is C/C=C/CCc1cc(Nc2cc(C)[nH]n2)nc(N2CCCC2c2cc(-c3ccccn3)no2)n1. The van der Waals surface area contributed by atoms with Gasteiger partial charge >= 0.3 is 0 Å². The molecular weight excluding hydrogens is 428 g/mol. The van der Waals surface area contributed by atoms with Crippen molar-refractivity contribution in [2.24, 2.45) is 0 Å². The summed E-state index contributed by atoms with van der Waals surface area (Å²) in [6.07, 6.45) is 9.70. The van der Waals surface area contributed by atoms with Gasteiger partial charge < -0.3 is 14.7 Å². The van der Waals surface area contributed by atoms with Crippen molar-refractivity contribution in [2.75, 3.05) is 16.8 Å². The molecule has 4 aromatic rings. The number of hydrogen-bond acceptors (Lipinski definition) is 8. The topological polar surface area (TPSA) is 109 Å². The lowest BCUT2D eigenvalue weighted by Crippen LogP contribution is -2.25. The molecule has 0 aromatic carbocycles. The third-order valence-electron chi connectivity index (χ3n) is 5.83. The van der Waals surface area contributed by atoms with E-state index >= 15 is 0 Å². The molecule has 1 fully saturated rings. The second-order valence-electron chi connectivity index (χ2n) is 8.39. The van der Waals surface area contributed by atoms with Gasteiger partial charge in [-0.15, -0.1) is 0 Å². The number of allylic oxidation sites excluding steroid dienone is 2. The van der Waals surface area contributed by atoms with Crippen molar-refractivity contribution in [3.05, 3.63) is 71.9 Å². The minimum absolute atomic E-state index is 0.0243. The standard InChI is InChI=1S/C25H28N8O/c1-3-4-5-9-18-15-23(28-24-14-17(2)30-31-24)29-25(27-18)33-13-8-11-21(33)22-16-20(32-34-22)19-10-6-7-12-26-19/h3-4,6-7,10,12,14-16,21H,5,8-9,11,13H2,1-2H3,(H2,27,28,29,30,31)/b4-3+. The van der Waals surface area contributed by atoms with E-state index in [9.17, 15) is 0 Å². The molecule has 9 heteroatoms. The molecule has 1 unspecified atom stereocenters. The van der Waals surface area contributed by atoms with Gasteiger partial charge in [-0.3, -0.25) is 10.1 Å². The summed E-state index contributed by atoms with van der Waals surface area (Å²) in [7, 11) is 0. The smallest absolute Gasteiger partial charge is 0.228 e. The molecule has 1 saturated heterocycles. The van der Waals surface area contributed by atoms with Gasteiger partial charge in [0.15, 0.2) is 11.6 Å². The van der Waals surface area contributed by atoms with Crippen molar-refractivity contribution in [3.8, 4) is 11.4 Å². The Bertz CT molecular complexity index is 1260. The summed E-state index contributed by atoms with van der Waals surface area (Å²) in [6.45, 7) is 4.85. The first kappa shape index (κ1) is 21.8. The van der Waals surface area contributed by atoms with Gasteiger partial charge in [0.25, 0.3) is 0 Å². The third-order valence-corrected chi connectivity index (χ3v) is 5.83. The van der Waals surface area contributed by atoms with Crippen LogP contribution in [0.2, 0.25) is 0 Å². The number of aryl methyl sites for hydroxylation is 2. The molecule has 0 radical (unpaired) electrons. The largest absolute Gasteiger partial charge is 0.358 e. The van der Waals surface area contributed by atoms with Gasteiger partial charge in [0.2, 0.25) is 5.95 Å². The van der Waals surface area contributed by atoms with Crippen LogP contribution in [0.15, 0.2) is 59.3 Å². The zero-order chi connectivity index (χ0) is 23.3. The summed E-state index contributed by atoms with van der Waals surface area (Å²) in [6, 6.07) is 11.7. The van der Waals surface area contributed by atoms with Crippen LogP contribution in [0.5, 0.6) is 0 Å². The summed E-state index contributed by atoms with van der Waals surface area (Å²) in [5.41, 5.74) is 3.50. The number of pyridine rings is 1. The Hall–Kier alpha value is -4.01. The molecule has 34 heavy (non-hydrogen) atoms. The highest BCUT2D eigenvalue weighted by Gasteiger charge is 2.32. The summed E-state index contributed by atoms with van der Waals surface area (Å²) in [4.78, 5) is 16.4. The van der Waals surface area contributed by atoms with E-state index in [0.717, 1.165) is 72.4 Å². The van der Waals surface area contributed by atoms with Crippen LogP contribution in [0, 0.1) is 6.92 Å². The molecule has 4 aromatic heterocycles. The minimum Gasteiger partial charge on any atom is -0.358 e. The van der Waals surface area contributed by atoms with Gasteiger partial charge in [0, 0.05) is 42.3 Å². The van der Waals surface area contributed by atoms with Crippen LogP contribution in [0.3, 0.4) is 0 Å². The van der Waals surface area contributed by atoms with Crippen LogP contribution in [0.25, 0.3) is 11.4 Å². The minimum atomic E-state index is 0.0243. The van der Waals surface area contributed by atoms with E-state index in [4.69, 9.17) is 14.5 Å². The Morgan fingerprint density at radius 2 is 2.12 bits per heavy atom. The van der Waals surface area contributed by atoms with Crippen LogP contribution in [-0.2, 0) is 6.42 Å².